The number of hydrogen-bond donors (Lipinski definition) is 1. The Kier molecular flexibility index (Phi) is 5.19. The van der Waals surface area contributed by atoms with Gasteiger partial charge in [0.15, 0.2) is 11.5 Å². The standard InChI is InChI=1S/C18H23NO5/c1-10(2)13(20)9-12-16(23-5)11-7-8-14(22-4)17(24-6)15(11)19(3)18(12)21/h7-8,13,20H,1,9H2,2-6H3/t13-/m1/s1. The second-order valence-electron chi connectivity index (χ2n) is 5.64. The third kappa shape index (κ3) is 2.85. The quantitative estimate of drug-likeness (QED) is 0.819. The Morgan fingerprint density at radius 2 is 1.83 bits per heavy atom. The van der Waals surface area contributed by atoms with Gasteiger partial charge in [0.1, 0.15) is 11.3 Å². The minimum Gasteiger partial charge on any atom is -0.496 e. The summed E-state index contributed by atoms with van der Waals surface area (Å²) in [6.07, 6.45) is -0.681. The lowest BCUT2D eigenvalue weighted by Gasteiger charge is -2.19. The van der Waals surface area contributed by atoms with E-state index in [-0.39, 0.29) is 12.0 Å². The molecule has 0 saturated carbocycles. The molecular weight excluding hydrogens is 310 g/mol. The zero-order valence-electron chi connectivity index (χ0n) is 14.7. The Hall–Kier alpha value is -2.47. The summed E-state index contributed by atoms with van der Waals surface area (Å²) in [6, 6.07) is 3.57. The summed E-state index contributed by atoms with van der Waals surface area (Å²) in [5.41, 5.74) is 1.31. The fraction of sp³-hybridized carbons (Fsp3) is 0.389. The van der Waals surface area contributed by atoms with Gasteiger partial charge in [0.2, 0.25) is 0 Å². The van der Waals surface area contributed by atoms with Crippen LogP contribution in [-0.2, 0) is 13.5 Å². The smallest absolute Gasteiger partial charge is 0.257 e. The molecule has 6 nitrogen and oxygen atoms in total. The number of rotatable bonds is 6. The van der Waals surface area contributed by atoms with Gasteiger partial charge in [0.05, 0.1) is 33.0 Å². The Balaban J connectivity index is 2.87. The van der Waals surface area contributed by atoms with Crippen molar-refractivity contribution in [2.24, 2.45) is 7.05 Å². The molecule has 0 saturated heterocycles. The number of fused-ring (bicyclic) bond motifs is 1. The molecule has 130 valence electrons. The summed E-state index contributed by atoms with van der Waals surface area (Å²) in [4.78, 5) is 12.8. The van der Waals surface area contributed by atoms with Crippen molar-refractivity contribution in [1.29, 1.82) is 0 Å². The summed E-state index contributed by atoms with van der Waals surface area (Å²) >= 11 is 0. The zero-order chi connectivity index (χ0) is 18.0. The van der Waals surface area contributed by atoms with E-state index in [1.54, 1.807) is 20.0 Å². The third-order valence-corrected chi connectivity index (χ3v) is 4.11. The number of pyridine rings is 1. The van der Waals surface area contributed by atoms with Crippen LogP contribution in [0.1, 0.15) is 12.5 Å². The van der Waals surface area contributed by atoms with E-state index in [2.05, 4.69) is 6.58 Å². The van der Waals surface area contributed by atoms with Gasteiger partial charge in [-0.15, -0.1) is 0 Å². The lowest BCUT2D eigenvalue weighted by atomic mass is 10.0. The van der Waals surface area contributed by atoms with Crippen molar-refractivity contribution >= 4 is 10.9 Å². The van der Waals surface area contributed by atoms with Crippen molar-refractivity contribution in [2.75, 3.05) is 21.3 Å². The SMILES string of the molecule is C=C(C)[C@H](O)Cc1c(OC)c2ccc(OC)c(OC)c2n(C)c1=O. The molecule has 0 bridgehead atoms. The number of aliphatic hydroxyl groups excluding tert-OH is 1. The molecule has 0 radical (unpaired) electrons. The van der Waals surface area contributed by atoms with Crippen LogP contribution in [0.3, 0.4) is 0 Å². The molecular formula is C18H23NO5. The maximum Gasteiger partial charge on any atom is 0.257 e. The van der Waals surface area contributed by atoms with Crippen LogP contribution in [0.25, 0.3) is 10.9 Å². The molecule has 2 rings (SSSR count). The number of aliphatic hydroxyl groups is 1. The molecule has 2 aromatic rings. The van der Waals surface area contributed by atoms with Crippen LogP contribution in [0, 0.1) is 0 Å². The first-order chi connectivity index (χ1) is 11.4. The minimum absolute atomic E-state index is 0.134. The summed E-state index contributed by atoms with van der Waals surface area (Å²) in [5.74, 6) is 1.41. The Bertz CT molecular complexity index is 838. The van der Waals surface area contributed by atoms with E-state index in [1.165, 1.54) is 25.9 Å². The van der Waals surface area contributed by atoms with Gasteiger partial charge in [0.25, 0.3) is 5.56 Å². The molecule has 24 heavy (non-hydrogen) atoms. The molecule has 0 spiro atoms. The van der Waals surface area contributed by atoms with Gasteiger partial charge in [-0.3, -0.25) is 4.79 Å². The van der Waals surface area contributed by atoms with Crippen LogP contribution in [-0.4, -0.2) is 37.1 Å². The Morgan fingerprint density at radius 1 is 1.21 bits per heavy atom. The van der Waals surface area contributed by atoms with Gasteiger partial charge in [-0.25, -0.2) is 0 Å². The van der Waals surface area contributed by atoms with Crippen LogP contribution in [0.2, 0.25) is 0 Å². The molecule has 0 amide bonds. The normalized spacial score (nSPS) is 12.1. The number of benzene rings is 1. The van der Waals surface area contributed by atoms with E-state index in [4.69, 9.17) is 14.2 Å². The van der Waals surface area contributed by atoms with Crippen molar-refractivity contribution in [3.8, 4) is 17.2 Å². The highest BCUT2D eigenvalue weighted by atomic mass is 16.5. The number of ether oxygens (including phenoxy) is 3. The molecule has 6 heteroatoms. The first-order valence-electron chi connectivity index (χ1n) is 7.51. The maximum absolute atomic E-state index is 12.8. The van der Waals surface area contributed by atoms with Crippen LogP contribution in [0.15, 0.2) is 29.1 Å². The second kappa shape index (κ2) is 6.97. The van der Waals surface area contributed by atoms with Crippen LogP contribution >= 0.6 is 0 Å². The van der Waals surface area contributed by atoms with Crippen molar-refractivity contribution in [2.45, 2.75) is 19.4 Å². The Morgan fingerprint density at radius 3 is 2.33 bits per heavy atom. The molecule has 1 atom stereocenters. The predicted octanol–water partition coefficient (Wildman–Crippen LogP) is 2.04. The maximum atomic E-state index is 12.8. The molecule has 0 fully saturated rings. The molecule has 0 aliphatic rings. The molecule has 1 heterocycles. The van der Waals surface area contributed by atoms with Gasteiger partial charge < -0.3 is 23.9 Å². The summed E-state index contributed by atoms with van der Waals surface area (Å²) in [5, 5.41) is 10.8. The number of aromatic nitrogens is 1. The monoisotopic (exact) mass is 333 g/mol. The average Bonchev–Trinajstić information content (AvgIpc) is 2.58. The van der Waals surface area contributed by atoms with E-state index < -0.39 is 6.10 Å². The first-order valence-corrected chi connectivity index (χ1v) is 7.51. The zero-order valence-corrected chi connectivity index (χ0v) is 14.7. The average molecular weight is 333 g/mol. The Labute approximate surface area is 140 Å². The fourth-order valence-electron chi connectivity index (χ4n) is 2.77. The van der Waals surface area contributed by atoms with Gasteiger partial charge >= 0.3 is 0 Å². The molecule has 1 N–H and O–H groups in total. The fourth-order valence-corrected chi connectivity index (χ4v) is 2.77. The van der Waals surface area contributed by atoms with Gasteiger partial charge in [-0.1, -0.05) is 12.2 Å². The molecule has 1 aromatic carbocycles. The molecule has 0 aliphatic heterocycles. The van der Waals surface area contributed by atoms with Crippen LogP contribution in [0.4, 0.5) is 0 Å². The molecule has 0 unspecified atom stereocenters. The molecule has 1 aromatic heterocycles. The first kappa shape index (κ1) is 17.9. The second-order valence-corrected chi connectivity index (χ2v) is 5.64. The van der Waals surface area contributed by atoms with E-state index >= 15 is 0 Å². The number of aryl methyl sites for hydroxylation is 1. The van der Waals surface area contributed by atoms with Gasteiger partial charge in [-0.05, 0) is 19.1 Å². The van der Waals surface area contributed by atoms with E-state index in [0.717, 1.165) is 0 Å². The summed E-state index contributed by atoms with van der Waals surface area (Å²) in [6.45, 7) is 5.45. The minimum atomic E-state index is -0.816. The van der Waals surface area contributed by atoms with Crippen molar-refractivity contribution in [3.05, 3.63) is 40.2 Å². The van der Waals surface area contributed by atoms with Crippen molar-refractivity contribution in [1.82, 2.24) is 4.57 Å². The predicted molar refractivity (Wildman–Crippen MR) is 93.4 cm³/mol. The van der Waals surface area contributed by atoms with E-state index in [1.807, 2.05) is 6.07 Å². The lowest BCUT2D eigenvalue weighted by Crippen LogP contribution is -2.26. The van der Waals surface area contributed by atoms with Gasteiger partial charge in [-0.2, -0.15) is 0 Å². The lowest BCUT2D eigenvalue weighted by molar-refractivity contribution is 0.210. The number of hydrogen-bond acceptors (Lipinski definition) is 5. The van der Waals surface area contributed by atoms with Gasteiger partial charge in [0, 0.05) is 18.9 Å². The van der Waals surface area contributed by atoms with Crippen molar-refractivity contribution in [3.63, 3.8) is 0 Å². The van der Waals surface area contributed by atoms with E-state index in [9.17, 15) is 9.90 Å². The number of nitrogens with zero attached hydrogens (tertiary/aromatic N) is 1. The highest BCUT2D eigenvalue weighted by Gasteiger charge is 2.22. The highest BCUT2D eigenvalue weighted by Crippen LogP contribution is 2.39. The van der Waals surface area contributed by atoms with Crippen LogP contribution < -0.4 is 19.8 Å². The number of methoxy groups -OCH3 is 3. The van der Waals surface area contributed by atoms with E-state index in [0.29, 0.717) is 39.3 Å². The highest BCUT2D eigenvalue weighted by molar-refractivity contribution is 5.93. The van der Waals surface area contributed by atoms with Crippen LogP contribution in [0.5, 0.6) is 17.2 Å². The topological polar surface area (TPSA) is 69.9 Å². The largest absolute Gasteiger partial charge is 0.496 e. The van der Waals surface area contributed by atoms with Crippen molar-refractivity contribution < 1.29 is 19.3 Å². The summed E-state index contributed by atoms with van der Waals surface area (Å²) < 4.78 is 17.7. The summed E-state index contributed by atoms with van der Waals surface area (Å²) in [7, 11) is 6.22. The third-order valence-electron chi connectivity index (χ3n) is 4.11. The molecule has 0 aliphatic carbocycles.